The molecule has 106 valence electrons. The van der Waals surface area contributed by atoms with Gasteiger partial charge in [0.2, 0.25) is 0 Å². The summed E-state index contributed by atoms with van der Waals surface area (Å²) in [6, 6.07) is 7.83. The van der Waals surface area contributed by atoms with Crippen LogP contribution in [0.15, 0.2) is 43.0 Å². The normalized spacial score (nSPS) is 10.6. The van der Waals surface area contributed by atoms with Crippen molar-refractivity contribution < 1.29 is 4.79 Å². The average Bonchev–Trinajstić information content (AvgIpc) is 2.91. The Hall–Kier alpha value is -2.30. The summed E-state index contributed by atoms with van der Waals surface area (Å²) in [5.41, 5.74) is 1.54. The minimum Gasteiger partial charge on any atom is -0.382 e. The van der Waals surface area contributed by atoms with Crippen LogP contribution in [0, 0.1) is 0 Å². The molecule has 0 saturated carbocycles. The summed E-state index contributed by atoms with van der Waals surface area (Å²) in [7, 11) is 0. The molecule has 0 unspecified atom stereocenters. The molecule has 0 aliphatic carbocycles. The summed E-state index contributed by atoms with van der Waals surface area (Å²) >= 11 is 0. The van der Waals surface area contributed by atoms with E-state index >= 15 is 0 Å². The van der Waals surface area contributed by atoms with Gasteiger partial charge in [-0.1, -0.05) is 12.1 Å². The Labute approximate surface area is 119 Å². The van der Waals surface area contributed by atoms with Gasteiger partial charge in [0.05, 0.1) is 11.9 Å². The van der Waals surface area contributed by atoms with Crippen LogP contribution >= 0.6 is 0 Å². The van der Waals surface area contributed by atoms with Gasteiger partial charge in [-0.2, -0.15) is 0 Å². The number of amides is 1. The molecule has 2 N–H and O–H groups in total. The van der Waals surface area contributed by atoms with E-state index in [0.717, 1.165) is 5.69 Å². The first-order valence-electron chi connectivity index (χ1n) is 6.76. The van der Waals surface area contributed by atoms with Crippen molar-refractivity contribution >= 4 is 11.6 Å². The quantitative estimate of drug-likeness (QED) is 0.847. The number of carbonyl (C=O) groups excluding carboxylic acids is 1. The molecule has 1 heterocycles. The van der Waals surface area contributed by atoms with Crippen molar-refractivity contribution in [3.63, 3.8) is 0 Å². The molecule has 2 aromatic rings. The van der Waals surface area contributed by atoms with E-state index < -0.39 is 0 Å². The largest absolute Gasteiger partial charge is 0.382 e. The van der Waals surface area contributed by atoms with E-state index in [1.807, 2.05) is 48.9 Å². The van der Waals surface area contributed by atoms with Crippen LogP contribution in [-0.2, 0) is 6.54 Å². The molecule has 0 bridgehead atoms. The van der Waals surface area contributed by atoms with Crippen molar-refractivity contribution in [2.45, 2.75) is 26.4 Å². The fraction of sp³-hybridized carbons (Fsp3) is 0.333. The molecule has 0 atom stereocenters. The Kier molecular flexibility index (Phi) is 4.76. The maximum Gasteiger partial charge on any atom is 0.253 e. The van der Waals surface area contributed by atoms with Crippen molar-refractivity contribution in [1.82, 2.24) is 14.9 Å². The van der Waals surface area contributed by atoms with Crippen LogP contribution in [0.1, 0.15) is 24.2 Å². The van der Waals surface area contributed by atoms with Gasteiger partial charge in [0.15, 0.2) is 0 Å². The summed E-state index contributed by atoms with van der Waals surface area (Å²) in [5.74, 6) is -0.0612. The van der Waals surface area contributed by atoms with E-state index in [9.17, 15) is 4.79 Å². The van der Waals surface area contributed by atoms with Gasteiger partial charge >= 0.3 is 0 Å². The zero-order valence-corrected chi connectivity index (χ0v) is 11.8. The molecule has 1 aromatic heterocycles. The molecule has 0 aliphatic rings. The molecular formula is C15H20N4O. The number of carbonyl (C=O) groups is 1. The third kappa shape index (κ3) is 3.85. The van der Waals surface area contributed by atoms with Crippen molar-refractivity contribution in [2.75, 3.05) is 11.9 Å². The minimum absolute atomic E-state index is 0.0612. The van der Waals surface area contributed by atoms with Gasteiger partial charge in [-0.3, -0.25) is 4.79 Å². The Morgan fingerprint density at radius 2 is 2.15 bits per heavy atom. The SMILES string of the molecule is CC(C)Nc1ccccc1C(=O)NCCn1ccnc1. The van der Waals surface area contributed by atoms with Crippen LogP contribution in [0.25, 0.3) is 0 Å². The lowest BCUT2D eigenvalue weighted by molar-refractivity contribution is 0.0953. The molecule has 2 rings (SSSR count). The number of nitrogens with one attached hydrogen (secondary N) is 2. The number of imidazole rings is 1. The molecule has 1 amide bonds. The fourth-order valence-corrected chi connectivity index (χ4v) is 1.93. The molecule has 0 saturated heterocycles. The van der Waals surface area contributed by atoms with Crippen molar-refractivity contribution in [1.29, 1.82) is 0 Å². The van der Waals surface area contributed by atoms with E-state index in [-0.39, 0.29) is 11.9 Å². The number of hydrogen-bond donors (Lipinski definition) is 2. The fourth-order valence-electron chi connectivity index (χ4n) is 1.93. The van der Waals surface area contributed by atoms with Crippen LogP contribution in [0.3, 0.4) is 0 Å². The predicted molar refractivity (Wildman–Crippen MR) is 79.8 cm³/mol. The summed E-state index contributed by atoms with van der Waals surface area (Å²) in [6.07, 6.45) is 5.34. The number of rotatable bonds is 6. The van der Waals surface area contributed by atoms with E-state index in [1.165, 1.54) is 0 Å². The lowest BCUT2D eigenvalue weighted by Crippen LogP contribution is -2.28. The Balaban J connectivity index is 1.94. The van der Waals surface area contributed by atoms with Gasteiger partial charge < -0.3 is 15.2 Å². The van der Waals surface area contributed by atoms with Crippen molar-refractivity contribution in [3.05, 3.63) is 48.5 Å². The molecule has 20 heavy (non-hydrogen) atoms. The number of nitrogens with zero attached hydrogens (tertiary/aromatic N) is 2. The summed E-state index contributed by atoms with van der Waals surface area (Å²) < 4.78 is 1.93. The number of anilines is 1. The lowest BCUT2D eigenvalue weighted by Gasteiger charge is -2.14. The third-order valence-corrected chi connectivity index (χ3v) is 2.83. The number of benzene rings is 1. The van der Waals surface area contributed by atoms with E-state index in [1.54, 1.807) is 12.5 Å². The van der Waals surface area contributed by atoms with Crippen LogP contribution < -0.4 is 10.6 Å². The van der Waals surface area contributed by atoms with Gasteiger partial charge in [-0.15, -0.1) is 0 Å². The Bertz CT molecular complexity index is 549. The second-order valence-corrected chi connectivity index (χ2v) is 4.90. The van der Waals surface area contributed by atoms with Gasteiger partial charge in [0, 0.05) is 37.2 Å². The van der Waals surface area contributed by atoms with Crippen LogP contribution in [-0.4, -0.2) is 28.0 Å². The van der Waals surface area contributed by atoms with E-state index in [2.05, 4.69) is 15.6 Å². The first kappa shape index (κ1) is 14.1. The highest BCUT2D eigenvalue weighted by molar-refractivity contribution is 5.99. The summed E-state index contributed by atoms with van der Waals surface area (Å²) in [4.78, 5) is 16.2. The monoisotopic (exact) mass is 272 g/mol. The maximum absolute atomic E-state index is 12.2. The van der Waals surface area contributed by atoms with Crippen LogP contribution in [0.4, 0.5) is 5.69 Å². The lowest BCUT2D eigenvalue weighted by atomic mass is 10.1. The minimum atomic E-state index is -0.0612. The summed E-state index contributed by atoms with van der Waals surface area (Å²) in [6.45, 7) is 5.39. The van der Waals surface area contributed by atoms with Gasteiger partial charge in [-0.05, 0) is 26.0 Å². The van der Waals surface area contributed by atoms with Crippen LogP contribution in [0.5, 0.6) is 0 Å². The first-order valence-corrected chi connectivity index (χ1v) is 6.76. The molecular weight excluding hydrogens is 252 g/mol. The highest BCUT2D eigenvalue weighted by atomic mass is 16.1. The second-order valence-electron chi connectivity index (χ2n) is 4.90. The topological polar surface area (TPSA) is 59.0 Å². The standard InChI is InChI=1S/C15H20N4O/c1-12(2)18-14-6-4-3-5-13(14)15(20)17-8-10-19-9-7-16-11-19/h3-7,9,11-12,18H,8,10H2,1-2H3,(H,17,20). The van der Waals surface area contributed by atoms with Crippen molar-refractivity contribution in [2.24, 2.45) is 0 Å². The molecule has 5 heteroatoms. The van der Waals surface area contributed by atoms with E-state index in [0.29, 0.717) is 18.7 Å². The van der Waals surface area contributed by atoms with Crippen molar-refractivity contribution in [3.8, 4) is 0 Å². The summed E-state index contributed by atoms with van der Waals surface area (Å²) in [5, 5.41) is 6.21. The molecule has 5 nitrogen and oxygen atoms in total. The van der Waals surface area contributed by atoms with E-state index in [4.69, 9.17) is 0 Å². The first-order chi connectivity index (χ1) is 9.66. The number of para-hydroxylation sites is 1. The van der Waals surface area contributed by atoms with Gasteiger partial charge in [-0.25, -0.2) is 4.98 Å². The zero-order valence-electron chi connectivity index (χ0n) is 11.8. The van der Waals surface area contributed by atoms with Gasteiger partial charge in [0.1, 0.15) is 0 Å². The highest BCUT2D eigenvalue weighted by Crippen LogP contribution is 2.15. The molecule has 0 fully saturated rings. The maximum atomic E-state index is 12.2. The number of hydrogen-bond acceptors (Lipinski definition) is 3. The zero-order chi connectivity index (χ0) is 14.4. The molecule has 0 spiro atoms. The smallest absolute Gasteiger partial charge is 0.253 e. The van der Waals surface area contributed by atoms with Crippen LogP contribution in [0.2, 0.25) is 0 Å². The highest BCUT2D eigenvalue weighted by Gasteiger charge is 2.10. The third-order valence-electron chi connectivity index (χ3n) is 2.83. The molecule has 0 aliphatic heterocycles. The average molecular weight is 272 g/mol. The van der Waals surface area contributed by atoms with Gasteiger partial charge in [0.25, 0.3) is 5.91 Å². The Morgan fingerprint density at radius 1 is 1.35 bits per heavy atom. The number of aromatic nitrogens is 2. The molecule has 0 radical (unpaired) electrons. The second kappa shape index (κ2) is 6.75. The predicted octanol–water partition coefficient (Wildman–Crippen LogP) is 2.13. The molecule has 1 aromatic carbocycles. The Morgan fingerprint density at radius 3 is 2.85 bits per heavy atom.